The van der Waals surface area contributed by atoms with E-state index in [4.69, 9.17) is 10.2 Å². The lowest BCUT2D eigenvalue weighted by Gasteiger charge is -2.36. The SMILES string of the molecule is N#Cc1ccc2sc(N3CCN(c4ccc(Br)cc4)CC3)nc2c1. The first kappa shape index (κ1) is 15.4. The number of hydrogen-bond acceptors (Lipinski definition) is 5. The fourth-order valence-electron chi connectivity index (χ4n) is 2.93. The van der Waals surface area contributed by atoms with Gasteiger partial charge in [0.1, 0.15) is 0 Å². The third kappa shape index (κ3) is 2.97. The van der Waals surface area contributed by atoms with Crippen LogP contribution in [0.15, 0.2) is 46.9 Å². The predicted molar refractivity (Wildman–Crippen MR) is 103 cm³/mol. The minimum absolute atomic E-state index is 0.666. The minimum atomic E-state index is 0.666. The summed E-state index contributed by atoms with van der Waals surface area (Å²) in [6.07, 6.45) is 0. The van der Waals surface area contributed by atoms with E-state index in [-0.39, 0.29) is 0 Å². The summed E-state index contributed by atoms with van der Waals surface area (Å²) in [5.74, 6) is 0. The number of piperazine rings is 1. The molecule has 120 valence electrons. The Balaban J connectivity index is 1.49. The molecule has 3 aromatic rings. The molecule has 0 amide bonds. The summed E-state index contributed by atoms with van der Waals surface area (Å²) in [6, 6.07) is 16.4. The zero-order valence-electron chi connectivity index (χ0n) is 12.9. The quantitative estimate of drug-likeness (QED) is 0.646. The Labute approximate surface area is 153 Å². The van der Waals surface area contributed by atoms with Crippen LogP contribution in [0.2, 0.25) is 0 Å². The van der Waals surface area contributed by atoms with Gasteiger partial charge in [-0.1, -0.05) is 27.3 Å². The average Bonchev–Trinajstić information content (AvgIpc) is 3.05. The highest BCUT2D eigenvalue weighted by Gasteiger charge is 2.20. The van der Waals surface area contributed by atoms with Crippen molar-refractivity contribution in [2.45, 2.75) is 0 Å². The molecule has 1 fully saturated rings. The van der Waals surface area contributed by atoms with Gasteiger partial charge in [0.2, 0.25) is 0 Å². The third-order valence-corrected chi connectivity index (χ3v) is 5.87. The van der Waals surface area contributed by atoms with Gasteiger partial charge in [-0.05, 0) is 42.5 Å². The van der Waals surface area contributed by atoms with Gasteiger partial charge >= 0.3 is 0 Å². The molecule has 2 heterocycles. The van der Waals surface area contributed by atoms with Gasteiger partial charge in [0.05, 0.1) is 21.8 Å². The van der Waals surface area contributed by atoms with Crippen LogP contribution in [0.3, 0.4) is 0 Å². The number of benzene rings is 2. The Bertz CT molecular complexity index is 905. The molecular formula is C18H15BrN4S. The number of rotatable bonds is 2. The largest absolute Gasteiger partial charge is 0.368 e. The molecule has 0 aliphatic carbocycles. The molecule has 0 atom stereocenters. The second kappa shape index (κ2) is 6.42. The molecule has 1 aliphatic heterocycles. The number of nitrogens with zero attached hydrogens (tertiary/aromatic N) is 4. The van der Waals surface area contributed by atoms with Crippen LogP contribution < -0.4 is 9.80 Å². The summed E-state index contributed by atoms with van der Waals surface area (Å²) in [5.41, 5.74) is 2.85. The predicted octanol–water partition coefficient (Wildman–Crippen LogP) is 4.26. The Hall–Kier alpha value is -2.10. The molecule has 0 spiro atoms. The fraction of sp³-hybridized carbons (Fsp3) is 0.222. The van der Waals surface area contributed by atoms with Gasteiger partial charge in [-0.2, -0.15) is 5.26 Å². The summed E-state index contributed by atoms with van der Waals surface area (Å²) in [5, 5.41) is 10.1. The van der Waals surface area contributed by atoms with E-state index in [1.165, 1.54) is 5.69 Å². The maximum atomic E-state index is 9.01. The van der Waals surface area contributed by atoms with E-state index < -0.39 is 0 Å². The van der Waals surface area contributed by atoms with E-state index in [2.05, 4.69) is 56.1 Å². The van der Waals surface area contributed by atoms with E-state index >= 15 is 0 Å². The van der Waals surface area contributed by atoms with Crippen LogP contribution in [-0.2, 0) is 0 Å². The van der Waals surface area contributed by atoms with E-state index in [9.17, 15) is 0 Å². The normalized spacial score (nSPS) is 14.8. The Kier molecular flexibility index (Phi) is 4.13. The average molecular weight is 399 g/mol. The molecule has 0 bridgehead atoms. The monoisotopic (exact) mass is 398 g/mol. The van der Waals surface area contributed by atoms with Crippen LogP contribution in [0.25, 0.3) is 10.2 Å². The highest BCUT2D eigenvalue weighted by atomic mass is 79.9. The molecule has 1 aromatic heterocycles. The van der Waals surface area contributed by atoms with Crippen LogP contribution in [0.4, 0.5) is 10.8 Å². The van der Waals surface area contributed by atoms with E-state index in [1.54, 1.807) is 11.3 Å². The van der Waals surface area contributed by atoms with Crippen LogP contribution in [0.1, 0.15) is 5.56 Å². The standard InChI is InChI=1S/C18H15BrN4S/c19-14-2-4-15(5-3-14)22-7-9-23(10-8-22)18-21-16-11-13(12-20)1-6-17(16)24-18/h1-6,11H,7-10H2. The van der Waals surface area contributed by atoms with Gasteiger partial charge in [0.25, 0.3) is 0 Å². The third-order valence-electron chi connectivity index (χ3n) is 4.25. The van der Waals surface area contributed by atoms with Crippen molar-refractivity contribution in [3.63, 3.8) is 0 Å². The lowest BCUT2D eigenvalue weighted by molar-refractivity contribution is 0.652. The van der Waals surface area contributed by atoms with Gasteiger partial charge in [-0.3, -0.25) is 0 Å². The van der Waals surface area contributed by atoms with E-state index in [1.807, 2.05) is 18.2 Å². The molecule has 0 saturated carbocycles. The van der Waals surface area contributed by atoms with Crippen molar-refractivity contribution in [2.24, 2.45) is 0 Å². The van der Waals surface area contributed by atoms with E-state index in [0.29, 0.717) is 5.56 Å². The van der Waals surface area contributed by atoms with Crippen molar-refractivity contribution in [1.29, 1.82) is 5.26 Å². The molecule has 4 nitrogen and oxygen atoms in total. The zero-order chi connectivity index (χ0) is 16.5. The summed E-state index contributed by atoms with van der Waals surface area (Å²) >= 11 is 5.19. The number of halogens is 1. The van der Waals surface area contributed by atoms with Crippen LogP contribution in [0, 0.1) is 11.3 Å². The first-order valence-electron chi connectivity index (χ1n) is 7.79. The van der Waals surface area contributed by atoms with Crippen molar-refractivity contribution in [2.75, 3.05) is 36.0 Å². The summed E-state index contributed by atoms with van der Waals surface area (Å²) in [7, 11) is 0. The first-order chi connectivity index (χ1) is 11.7. The summed E-state index contributed by atoms with van der Waals surface area (Å²) < 4.78 is 2.25. The number of hydrogen-bond donors (Lipinski definition) is 0. The van der Waals surface area contributed by atoms with Gasteiger partial charge in [0, 0.05) is 36.3 Å². The lowest BCUT2D eigenvalue weighted by atomic mass is 10.2. The Morgan fingerprint density at radius 2 is 1.71 bits per heavy atom. The van der Waals surface area contributed by atoms with Crippen molar-refractivity contribution in [3.8, 4) is 6.07 Å². The van der Waals surface area contributed by atoms with Crippen molar-refractivity contribution in [1.82, 2.24) is 4.98 Å². The van der Waals surface area contributed by atoms with Gasteiger partial charge in [-0.25, -0.2) is 4.98 Å². The zero-order valence-corrected chi connectivity index (χ0v) is 15.3. The van der Waals surface area contributed by atoms with Crippen LogP contribution >= 0.6 is 27.3 Å². The molecule has 4 rings (SSSR count). The molecule has 1 aliphatic rings. The van der Waals surface area contributed by atoms with Crippen LogP contribution in [0.5, 0.6) is 0 Å². The van der Waals surface area contributed by atoms with Crippen molar-refractivity contribution >= 4 is 48.3 Å². The molecule has 24 heavy (non-hydrogen) atoms. The fourth-order valence-corrected chi connectivity index (χ4v) is 4.19. The molecule has 2 aromatic carbocycles. The smallest absolute Gasteiger partial charge is 0.186 e. The number of anilines is 2. The number of fused-ring (bicyclic) bond motifs is 1. The van der Waals surface area contributed by atoms with Gasteiger partial charge in [0.15, 0.2) is 5.13 Å². The van der Waals surface area contributed by atoms with Crippen molar-refractivity contribution in [3.05, 3.63) is 52.5 Å². The van der Waals surface area contributed by atoms with Gasteiger partial charge in [-0.15, -0.1) is 0 Å². The number of nitriles is 1. The lowest BCUT2D eigenvalue weighted by Crippen LogP contribution is -2.46. The highest BCUT2D eigenvalue weighted by molar-refractivity contribution is 9.10. The molecule has 6 heteroatoms. The van der Waals surface area contributed by atoms with E-state index in [0.717, 1.165) is 46.0 Å². The topological polar surface area (TPSA) is 43.2 Å². The van der Waals surface area contributed by atoms with Crippen molar-refractivity contribution < 1.29 is 0 Å². The number of aromatic nitrogens is 1. The Morgan fingerprint density at radius 3 is 2.42 bits per heavy atom. The first-order valence-corrected chi connectivity index (χ1v) is 9.40. The summed E-state index contributed by atoms with van der Waals surface area (Å²) in [4.78, 5) is 9.47. The number of thiazole rings is 1. The maximum absolute atomic E-state index is 9.01. The molecular weight excluding hydrogens is 384 g/mol. The summed E-state index contributed by atoms with van der Waals surface area (Å²) in [6.45, 7) is 3.89. The highest BCUT2D eigenvalue weighted by Crippen LogP contribution is 2.30. The Morgan fingerprint density at radius 1 is 1.00 bits per heavy atom. The second-order valence-electron chi connectivity index (χ2n) is 5.74. The molecule has 0 N–H and O–H groups in total. The second-order valence-corrected chi connectivity index (χ2v) is 7.67. The van der Waals surface area contributed by atoms with Crippen LogP contribution in [-0.4, -0.2) is 31.2 Å². The minimum Gasteiger partial charge on any atom is -0.368 e. The molecule has 0 unspecified atom stereocenters. The maximum Gasteiger partial charge on any atom is 0.186 e. The molecule has 0 radical (unpaired) electrons. The molecule has 1 saturated heterocycles. The van der Waals surface area contributed by atoms with Gasteiger partial charge < -0.3 is 9.80 Å².